The van der Waals surface area contributed by atoms with Crippen LogP contribution in [0, 0.1) is 0 Å². The Labute approximate surface area is 193 Å². The van der Waals surface area contributed by atoms with Gasteiger partial charge in [-0.15, -0.1) is 11.3 Å². The lowest BCUT2D eigenvalue weighted by molar-refractivity contribution is 0.0526. The number of nitrogens with one attached hydrogen (secondary N) is 1. The average Bonchev–Trinajstić information content (AvgIpc) is 3.19. The molecule has 2 aromatic carbocycles. The SMILES string of the molecule is CCOC(=O)c1c(/N=C(/Nc2ccc(OCC)cc2)c2ccccc2)sc2c1CCCC2. The average molecular weight is 449 g/mol. The van der Waals surface area contributed by atoms with E-state index in [9.17, 15) is 4.79 Å². The lowest BCUT2D eigenvalue weighted by atomic mass is 9.95. The van der Waals surface area contributed by atoms with E-state index in [1.54, 1.807) is 11.3 Å². The molecule has 0 atom stereocenters. The fourth-order valence-electron chi connectivity index (χ4n) is 3.84. The van der Waals surface area contributed by atoms with Crippen LogP contribution in [0.25, 0.3) is 0 Å². The number of benzene rings is 2. The second-order valence-electron chi connectivity index (χ2n) is 7.52. The third-order valence-electron chi connectivity index (χ3n) is 5.32. The third-order valence-corrected chi connectivity index (χ3v) is 6.51. The van der Waals surface area contributed by atoms with Crippen molar-refractivity contribution >= 4 is 33.8 Å². The molecule has 5 nitrogen and oxygen atoms in total. The minimum atomic E-state index is -0.279. The summed E-state index contributed by atoms with van der Waals surface area (Å²) in [6.45, 7) is 4.78. The van der Waals surface area contributed by atoms with E-state index in [2.05, 4.69) is 5.32 Å². The van der Waals surface area contributed by atoms with Gasteiger partial charge in [0.25, 0.3) is 0 Å². The molecule has 1 heterocycles. The molecule has 1 aliphatic carbocycles. The van der Waals surface area contributed by atoms with Crippen LogP contribution in [0.4, 0.5) is 10.7 Å². The van der Waals surface area contributed by atoms with Gasteiger partial charge in [-0.3, -0.25) is 0 Å². The van der Waals surface area contributed by atoms with E-state index in [1.165, 1.54) is 4.88 Å². The van der Waals surface area contributed by atoms with Crippen molar-refractivity contribution < 1.29 is 14.3 Å². The summed E-state index contributed by atoms with van der Waals surface area (Å²) in [7, 11) is 0. The predicted octanol–water partition coefficient (Wildman–Crippen LogP) is 6.39. The molecule has 32 heavy (non-hydrogen) atoms. The first-order chi connectivity index (χ1) is 15.7. The Morgan fingerprint density at radius 1 is 1.00 bits per heavy atom. The lowest BCUT2D eigenvalue weighted by Crippen LogP contribution is -2.14. The highest BCUT2D eigenvalue weighted by molar-refractivity contribution is 7.16. The van der Waals surface area contributed by atoms with E-state index in [1.807, 2.05) is 68.4 Å². The molecular weight excluding hydrogens is 420 g/mol. The van der Waals surface area contributed by atoms with Gasteiger partial charge in [-0.2, -0.15) is 0 Å². The lowest BCUT2D eigenvalue weighted by Gasteiger charge is -2.13. The molecule has 1 aromatic heterocycles. The maximum absolute atomic E-state index is 12.9. The van der Waals surface area contributed by atoms with Crippen molar-refractivity contribution in [2.24, 2.45) is 4.99 Å². The van der Waals surface area contributed by atoms with Gasteiger partial charge in [0, 0.05) is 16.1 Å². The van der Waals surface area contributed by atoms with Gasteiger partial charge in [-0.1, -0.05) is 30.3 Å². The van der Waals surface area contributed by atoms with Crippen molar-refractivity contribution in [3.63, 3.8) is 0 Å². The van der Waals surface area contributed by atoms with Crippen LogP contribution in [0.5, 0.6) is 5.75 Å². The number of aliphatic imine (C=N–C) groups is 1. The number of fused-ring (bicyclic) bond motifs is 1. The van der Waals surface area contributed by atoms with Gasteiger partial charge in [0.15, 0.2) is 0 Å². The van der Waals surface area contributed by atoms with Crippen LogP contribution in [0.2, 0.25) is 0 Å². The second-order valence-corrected chi connectivity index (χ2v) is 8.60. The predicted molar refractivity (Wildman–Crippen MR) is 131 cm³/mol. The molecule has 0 fully saturated rings. The number of aryl methyl sites for hydroxylation is 1. The molecule has 0 aliphatic heterocycles. The Balaban J connectivity index is 1.75. The Kier molecular flexibility index (Phi) is 7.22. The minimum absolute atomic E-state index is 0.279. The van der Waals surface area contributed by atoms with Crippen LogP contribution >= 0.6 is 11.3 Å². The molecule has 0 bridgehead atoms. The molecule has 0 unspecified atom stereocenters. The monoisotopic (exact) mass is 448 g/mol. The fraction of sp³-hybridized carbons (Fsp3) is 0.308. The molecule has 0 saturated carbocycles. The number of thiophene rings is 1. The Bertz CT molecular complexity index is 1090. The standard InChI is InChI=1S/C26H28N2O3S/c1-3-30-20-16-14-19(15-17-20)27-24(18-10-6-5-7-11-18)28-25-23(26(29)31-4-2)21-12-8-9-13-22(21)32-25/h5-7,10-11,14-17H,3-4,8-9,12-13H2,1-2H3,(H,27,28). The summed E-state index contributed by atoms with van der Waals surface area (Å²) in [5.74, 6) is 1.24. The Morgan fingerprint density at radius 2 is 1.75 bits per heavy atom. The number of carbonyl (C=O) groups excluding carboxylic acids is 1. The van der Waals surface area contributed by atoms with Crippen molar-refractivity contribution in [3.05, 3.63) is 76.2 Å². The first-order valence-corrected chi connectivity index (χ1v) is 12.0. The van der Waals surface area contributed by atoms with Crippen molar-refractivity contribution in [1.82, 2.24) is 0 Å². The number of carbonyl (C=O) groups is 1. The van der Waals surface area contributed by atoms with E-state index in [-0.39, 0.29) is 5.97 Å². The normalized spacial score (nSPS) is 13.4. The highest BCUT2D eigenvalue weighted by Crippen LogP contribution is 2.40. The number of rotatable bonds is 7. The van der Waals surface area contributed by atoms with Crippen LogP contribution in [0.3, 0.4) is 0 Å². The van der Waals surface area contributed by atoms with Gasteiger partial charge in [-0.25, -0.2) is 9.79 Å². The minimum Gasteiger partial charge on any atom is -0.494 e. The molecule has 0 amide bonds. The van der Waals surface area contributed by atoms with Crippen molar-refractivity contribution in [1.29, 1.82) is 0 Å². The van der Waals surface area contributed by atoms with Crippen LogP contribution in [-0.2, 0) is 17.6 Å². The zero-order valence-corrected chi connectivity index (χ0v) is 19.3. The summed E-state index contributed by atoms with van der Waals surface area (Å²) >= 11 is 1.61. The van der Waals surface area contributed by atoms with Crippen LogP contribution in [-0.4, -0.2) is 25.0 Å². The maximum Gasteiger partial charge on any atom is 0.341 e. The van der Waals surface area contributed by atoms with Gasteiger partial charge in [-0.05, 0) is 69.4 Å². The van der Waals surface area contributed by atoms with Gasteiger partial charge < -0.3 is 14.8 Å². The molecule has 0 saturated heterocycles. The smallest absolute Gasteiger partial charge is 0.341 e. The Morgan fingerprint density at radius 3 is 2.47 bits per heavy atom. The molecule has 1 N–H and O–H groups in total. The summed E-state index contributed by atoms with van der Waals surface area (Å²) in [6, 6.07) is 17.8. The van der Waals surface area contributed by atoms with Gasteiger partial charge in [0.2, 0.25) is 0 Å². The zero-order valence-electron chi connectivity index (χ0n) is 18.5. The number of ether oxygens (including phenoxy) is 2. The molecule has 1 aliphatic rings. The summed E-state index contributed by atoms with van der Waals surface area (Å²) in [6.07, 6.45) is 4.14. The Hall–Kier alpha value is -3.12. The highest BCUT2D eigenvalue weighted by atomic mass is 32.1. The molecule has 0 radical (unpaired) electrons. The third kappa shape index (κ3) is 5.02. The number of hydrogen-bond acceptors (Lipinski definition) is 5. The number of esters is 1. The molecule has 4 rings (SSSR count). The van der Waals surface area contributed by atoms with Crippen molar-refractivity contribution in [2.45, 2.75) is 39.5 Å². The quantitative estimate of drug-likeness (QED) is 0.258. The molecule has 6 heteroatoms. The summed E-state index contributed by atoms with van der Waals surface area (Å²) in [5.41, 5.74) is 3.60. The van der Waals surface area contributed by atoms with Crippen molar-refractivity contribution in [2.75, 3.05) is 18.5 Å². The first kappa shape index (κ1) is 22.1. The number of anilines is 1. The van der Waals surface area contributed by atoms with Crippen LogP contribution < -0.4 is 10.1 Å². The highest BCUT2D eigenvalue weighted by Gasteiger charge is 2.26. The molecule has 0 spiro atoms. The summed E-state index contributed by atoms with van der Waals surface area (Å²) in [5, 5.41) is 4.16. The van der Waals surface area contributed by atoms with E-state index < -0.39 is 0 Å². The van der Waals surface area contributed by atoms with Gasteiger partial charge in [0.05, 0.1) is 18.8 Å². The molecule has 3 aromatic rings. The van der Waals surface area contributed by atoms with E-state index in [0.717, 1.165) is 48.2 Å². The van der Waals surface area contributed by atoms with E-state index in [4.69, 9.17) is 14.5 Å². The molecule has 166 valence electrons. The maximum atomic E-state index is 12.9. The first-order valence-electron chi connectivity index (χ1n) is 11.1. The number of nitrogens with zero attached hydrogens (tertiary/aromatic N) is 1. The fourth-order valence-corrected chi connectivity index (χ4v) is 5.10. The largest absolute Gasteiger partial charge is 0.494 e. The van der Waals surface area contributed by atoms with Gasteiger partial charge >= 0.3 is 5.97 Å². The zero-order chi connectivity index (χ0) is 22.3. The van der Waals surface area contributed by atoms with E-state index in [0.29, 0.717) is 29.6 Å². The van der Waals surface area contributed by atoms with E-state index >= 15 is 0 Å². The second kappa shape index (κ2) is 10.5. The van der Waals surface area contributed by atoms with Crippen LogP contribution in [0.1, 0.15) is 53.1 Å². The molecular formula is C26H28N2O3S. The van der Waals surface area contributed by atoms with Crippen molar-refractivity contribution in [3.8, 4) is 5.75 Å². The topological polar surface area (TPSA) is 59.9 Å². The summed E-state index contributed by atoms with van der Waals surface area (Å²) < 4.78 is 10.9. The van der Waals surface area contributed by atoms with Crippen LogP contribution in [0.15, 0.2) is 59.6 Å². The summed E-state index contributed by atoms with van der Waals surface area (Å²) in [4.78, 5) is 19.1. The number of hydrogen-bond donors (Lipinski definition) is 1. The van der Waals surface area contributed by atoms with Gasteiger partial charge in [0.1, 0.15) is 16.6 Å². The number of amidine groups is 1.